The molecule has 0 fully saturated rings. The number of carbonyl (C=O) groups excluding carboxylic acids is 1. The van der Waals surface area contributed by atoms with Crippen LogP contribution >= 0.6 is 39.7 Å². The molecule has 2 N–H and O–H groups in total. The molecule has 0 bridgehead atoms. The van der Waals surface area contributed by atoms with E-state index in [4.69, 9.17) is 37.6 Å². The molecule has 196 valence electrons. The number of hydrogen-bond acceptors (Lipinski definition) is 5. The van der Waals surface area contributed by atoms with Crippen molar-refractivity contribution in [1.29, 1.82) is 0 Å². The van der Waals surface area contributed by atoms with Crippen molar-refractivity contribution in [2.24, 2.45) is 0 Å². The molecule has 2 heterocycles. The summed E-state index contributed by atoms with van der Waals surface area (Å²) < 4.78 is 12.8. The van der Waals surface area contributed by atoms with E-state index in [-0.39, 0.29) is 5.11 Å². The van der Waals surface area contributed by atoms with Gasteiger partial charge in [0.1, 0.15) is 17.0 Å². The summed E-state index contributed by atoms with van der Waals surface area (Å²) in [5.74, 6) is 1.33. The standard InChI is InChI=1S/C31H19BrClN3O3S/c32-25-6-2-3-22-23(25)4-1-5-24(22)30-35-26-17-20(11-14-28(26)39-30)34-31(40)36-29(37)16-13-21-12-15-27(38-21)18-7-9-19(33)10-8-18/h1-17H,(H2,34,36,37,40). The van der Waals surface area contributed by atoms with Crippen molar-refractivity contribution in [2.75, 3.05) is 5.32 Å². The van der Waals surface area contributed by atoms with Gasteiger partial charge in [0.15, 0.2) is 10.7 Å². The van der Waals surface area contributed by atoms with Crippen molar-refractivity contribution in [3.63, 3.8) is 0 Å². The molecule has 0 saturated carbocycles. The highest BCUT2D eigenvalue weighted by atomic mass is 79.9. The number of anilines is 1. The first-order valence-corrected chi connectivity index (χ1v) is 13.7. The van der Waals surface area contributed by atoms with Crippen LogP contribution in [-0.2, 0) is 4.79 Å². The van der Waals surface area contributed by atoms with Gasteiger partial charge >= 0.3 is 0 Å². The van der Waals surface area contributed by atoms with E-state index in [2.05, 4.69) is 26.6 Å². The third-order valence-corrected chi connectivity index (χ3v) is 7.28. The predicted octanol–water partition coefficient (Wildman–Crippen LogP) is 8.85. The van der Waals surface area contributed by atoms with Gasteiger partial charge in [0.05, 0.1) is 0 Å². The summed E-state index contributed by atoms with van der Waals surface area (Å²) in [6, 6.07) is 28.4. The van der Waals surface area contributed by atoms with Gasteiger partial charge < -0.3 is 14.2 Å². The summed E-state index contributed by atoms with van der Waals surface area (Å²) >= 11 is 14.9. The van der Waals surface area contributed by atoms with E-state index < -0.39 is 5.91 Å². The lowest BCUT2D eigenvalue weighted by molar-refractivity contribution is -0.115. The molecule has 6 rings (SSSR count). The second-order valence-electron chi connectivity index (χ2n) is 8.83. The molecule has 0 radical (unpaired) electrons. The zero-order valence-electron chi connectivity index (χ0n) is 20.7. The van der Waals surface area contributed by atoms with Gasteiger partial charge in [-0.25, -0.2) is 4.98 Å². The highest BCUT2D eigenvalue weighted by Crippen LogP contribution is 2.34. The van der Waals surface area contributed by atoms with E-state index in [0.29, 0.717) is 39.2 Å². The highest BCUT2D eigenvalue weighted by Gasteiger charge is 2.13. The topological polar surface area (TPSA) is 80.3 Å². The Morgan fingerprint density at radius 3 is 2.58 bits per heavy atom. The van der Waals surface area contributed by atoms with Crippen LogP contribution in [0.4, 0.5) is 5.69 Å². The Morgan fingerprint density at radius 1 is 0.925 bits per heavy atom. The zero-order chi connectivity index (χ0) is 27.6. The van der Waals surface area contributed by atoms with E-state index in [1.807, 2.05) is 72.8 Å². The molecular formula is C31H19BrClN3O3S. The molecule has 4 aromatic carbocycles. The number of nitrogens with zero attached hydrogens (tertiary/aromatic N) is 1. The zero-order valence-corrected chi connectivity index (χ0v) is 23.8. The molecule has 6 aromatic rings. The number of halogens is 2. The molecule has 0 unspecified atom stereocenters. The van der Waals surface area contributed by atoms with Crippen molar-refractivity contribution in [2.45, 2.75) is 0 Å². The van der Waals surface area contributed by atoms with E-state index in [1.54, 1.807) is 24.3 Å². The Kier molecular flexibility index (Phi) is 7.21. The van der Waals surface area contributed by atoms with Gasteiger partial charge in [-0.2, -0.15) is 0 Å². The Balaban J connectivity index is 1.12. The number of carbonyl (C=O) groups is 1. The van der Waals surface area contributed by atoms with E-state index in [0.717, 1.165) is 26.4 Å². The van der Waals surface area contributed by atoms with Crippen LogP contribution in [0.3, 0.4) is 0 Å². The first-order valence-electron chi connectivity index (χ1n) is 12.2. The Hall–Kier alpha value is -4.24. The van der Waals surface area contributed by atoms with Crippen LogP contribution in [0.15, 0.2) is 110 Å². The Labute approximate surface area is 247 Å². The monoisotopic (exact) mass is 627 g/mol. The maximum absolute atomic E-state index is 12.4. The van der Waals surface area contributed by atoms with Gasteiger partial charge in [-0.15, -0.1) is 0 Å². The number of oxazole rings is 1. The first-order chi connectivity index (χ1) is 19.4. The Bertz CT molecular complexity index is 1930. The molecule has 2 aromatic heterocycles. The van der Waals surface area contributed by atoms with Crippen molar-refractivity contribution in [1.82, 2.24) is 10.3 Å². The van der Waals surface area contributed by atoms with Crippen LogP contribution in [0.5, 0.6) is 0 Å². The molecule has 1 amide bonds. The van der Waals surface area contributed by atoms with Gasteiger partial charge in [0.2, 0.25) is 11.8 Å². The molecule has 0 saturated heterocycles. The van der Waals surface area contributed by atoms with Crippen molar-refractivity contribution in [3.05, 3.63) is 112 Å². The van der Waals surface area contributed by atoms with Crippen LogP contribution in [0.25, 0.3) is 50.7 Å². The minimum Gasteiger partial charge on any atom is -0.457 e. The quantitative estimate of drug-likeness (QED) is 0.147. The largest absolute Gasteiger partial charge is 0.457 e. The SMILES string of the molecule is O=C(C=Cc1ccc(-c2ccc(Cl)cc2)o1)NC(=S)Nc1ccc2oc(-c3cccc4c(Br)cccc34)nc2c1. The number of hydrogen-bond donors (Lipinski definition) is 2. The summed E-state index contributed by atoms with van der Waals surface area (Å²) in [5, 5.41) is 8.58. The van der Waals surface area contributed by atoms with Crippen LogP contribution in [0, 0.1) is 0 Å². The van der Waals surface area contributed by atoms with Crippen LogP contribution in [0.2, 0.25) is 5.02 Å². The lowest BCUT2D eigenvalue weighted by atomic mass is 10.0. The molecule has 0 aliphatic carbocycles. The summed E-state index contributed by atoms with van der Waals surface area (Å²) in [7, 11) is 0. The highest BCUT2D eigenvalue weighted by molar-refractivity contribution is 9.10. The number of furan rings is 1. The molecule has 0 aliphatic heterocycles. The second kappa shape index (κ2) is 11.1. The van der Waals surface area contributed by atoms with Gasteiger partial charge in [-0.3, -0.25) is 10.1 Å². The summed E-state index contributed by atoms with van der Waals surface area (Å²) in [5.41, 5.74) is 3.76. The average Bonchev–Trinajstić information content (AvgIpc) is 3.59. The average molecular weight is 629 g/mol. The van der Waals surface area contributed by atoms with Crippen molar-refractivity contribution < 1.29 is 13.6 Å². The number of aromatic nitrogens is 1. The molecule has 0 atom stereocenters. The number of benzene rings is 4. The summed E-state index contributed by atoms with van der Waals surface area (Å²) in [6.07, 6.45) is 2.93. The van der Waals surface area contributed by atoms with E-state index >= 15 is 0 Å². The van der Waals surface area contributed by atoms with Crippen LogP contribution < -0.4 is 10.6 Å². The number of rotatable bonds is 5. The minimum absolute atomic E-state index is 0.151. The fourth-order valence-corrected chi connectivity index (χ4v) is 5.11. The van der Waals surface area contributed by atoms with Crippen molar-refractivity contribution >= 4 is 84.4 Å². The van der Waals surface area contributed by atoms with Gasteiger partial charge in [-0.05, 0) is 95.8 Å². The van der Waals surface area contributed by atoms with Crippen LogP contribution in [-0.4, -0.2) is 16.0 Å². The van der Waals surface area contributed by atoms with Gasteiger partial charge in [0, 0.05) is 32.4 Å². The molecule has 0 spiro atoms. The smallest absolute Gasteiger partial charge is 0.250 e. The third-order valence-electron chi connectivity index (χ3n) is 6.14. The second-order valence-corrected chi connectivity index (χ2v) is 10.5. The normalized spacial score (nSPS) is 11.3. The van der Waals surface area contributed by atoms with Crippen LogP contribution in [0.1, 0.15) is 5.76 Å². The fraction of sp³-hybridized carbons (Fsp3) is 0. The molecule has 9 heteroatoms. The number of thiocarbonyl (C=S) groups is 1. The number of amides is 1. The fourth-order valence-electron chi connectivity index (χ4n) is 4.26. The summed E-state index contributed by atoms with van der Waals surface area (Å²) in [6.45, 7) is 0. The molecule has 0 aliphatic rings. The van der Waals surface area contributed by atoms with E-state index in [9.17, 15) is 4.79 Å². The number of nitrogens with one attached hydrogen (secondary N) is 2. The first kappa shape index (κ1) is 26.0. The lowest BCUT2D eigenvalue weighted by Crippen LogP contribution is -2.32. The minimum atomic E-state index is -0.395. The third kappa shape index (κ3) is 5.56. The van der Waals surface area contributed by atoms with Gasteiger partial charge in [-0.1, -0.05) is 51.8 Å². The summed E-state index contributed by atoms with van der Waals surface area (Å²) in [4.78, 5) is 17.1. The predicted molar refractivity (Wildman–Crippen MR) is 167 cm³/mol. The van der Waals surface area contributed by atoms with Crippen molar-refractivity contribution in [3.8, 4) is 22.8 Å². The maximum atomic E-state index is 12.4. The van der Waals surface area contributed by atoms with E-state index in [1.165, 1.54) is 6.08 Å². The molecular weight excluding hydrogens is 610 g/mol. The molecule has 6 nitrogen and oxygen atoms in total. The molecule has 40 heavy (non-hydrogen) atoms. The number of fused-ring (bicyclic) bond motifs is 2. The Morgan fingerprint density at radius 2 is 1.73 bits per heavy atom. The van der Waals surface area contributed by atoms with Gasteiger partial charge in [0.25, 0.3) is 0 Å². The lowest BCUT2D eigenvalue weighted by Gasteiger charge is -2.07. The maximum Gasteiger partial charge on any atom is 0.250 e.